The van der Waals surface area contributed by atoms with Gasteiger partial charge in [-0.3, -0.25) is 14.9 Å². The second-order valence-corrected chi connectivity index (χ2v) is 17.8. The minimum Gasteiger partial charge on any atom is -0.744 e. The quantitative estimate of drug-likeness (QED) is 0.0189. The van der Waals surface area contributed by atoms with E-state index in [1.54, 1.807) is 6.19 Å². The number of nitriles is 1. The van der Waals surface area contributed by atoms with Gasteiger partial charge >= 0.3 is 129 Å². The van der Waals surface area contributed by atoms with Crippen LogP contribution in [0.1, 0.15) is 15.9 Å². The molecular formula is C29H23N9Na4O16S5. The predicted octanol–water partition coefficient (Wildman–Crippen LogP) is -12.7. The average molecular weight is 1010 g/mol. The number of rotatable bonds is 15. The van der Waals surface area contributed by atoms with Crippen molar-refractivity contribution in [3.63, 3.8) is 0 Å². The van der Waals surface area contributed by atoms with E-state index in [0.29, 0.717) is 11.3 Å². The molecule has 25 nitrogen and oxygen atoms in total. The summed E-state index contributed by atoms with van der Waals surface area (Å²) in [7, 11) is -21.0. The number of carbonyl (C=O) groups is 1. The number of nitrogens with one attached hydrogen (secondary N) is 3. The number of Topliss-reactive ketones (excluding diaryl/α,β-unsaturated/α-hetero) is 1. The average Bonchev–Trinajstić information content (AvgIpc) is 3.11. The molecule has 1 aliphatic carbocycles. The smallest absolute Gasteiger partial charge is 0.744 e. The summed E-state index contributed by atoms with van der Waals surface area (Å²) < 4.78 is 157. The maximum Gasteiger partial charge on any atom is 1.00 e. The van der Waals surface area contributed by atoms with Gasteiger partial charge in [0.15, 0.2) is 16.0 Å². The summed E-state index contributed by atoms with van der Waals surface area (Å²) in [5, 5.41) is 17.5. The summed E-state index contributed by atoms with van der Waals surface area (Å²) in [5.41, 5.74) is 2.37. The predicted molar refractivity (Wildman–Crippen MR) is 199 cm³/mol. The molecule has 63 heavy (non-hydrogen) atoms. The van der Waals surface area contributed by atoms with Crippen LogP contribution >= 0.6 is 0 Å². The zero-order chi connectivity index (χ0) is 43.9. The molecule has 1 aromatic heterocycles. The molecule has 3 aromatic carbocycles. The fraction of sp³-hybridized carbons (Fsp3) is 0.172. The van der Waals surface area contributed by atoms with E-state index in [2.05, 4.69) is 46.4 Å². The summed E-state index contributed by atoms with van der Waals surface area (Å²) in [5.74, 6) is -2.36. The molecule has 0 bridgehead atoms. The van der Waals surface area contributed by atoms with Crippen LogP contribution in [0.4, 0.5) is 29.2 Å². The Morgan fingerprint density at radius 3 is 2.08 bits per heavy atom. The fourth-order valence-corrected chi connectivity index (χ4v) is 7.96. The van der Waals surface area contributed by atoms with Gasteiger partial charge in [0.2, 0.25) is 28.2 Å². The molecule has 34 heteroatoms. The summed E-state index contributed by atoms with van der Waals surface area (Å²) in [6, 6.07) is 9.66. The second-order valence-electron chi connectivity index (χ2n) is 11.3. The molecule has 0 spiro atoms. The van der Waals surface area contributed by atoms with Crippen LogP contribution in [0.3, 0.4) is 0 Å². The molecular weight excluding hydrogens is 983 g/mol. The summed E-state index contributed by atoms with van der Waals surface area (Å²) in [6.45, 7) is -1.06. The number of carbonyl (C=O) groups excluding carboxylic acids is 1. The number of allylic oxidation sites excluding steroid dienone is 1. The van der Waals surface area contributed by atoms with E-state index in [1.807, 2.05) is 0 Å². The second kappa shape index (κ2) is 25.8. The van der Waals surface area contributed by atoms with Gasteiger partial charge in [-0.05, 0) is 18.2 Å². The van der Waals surface area contributed by atoms with Crippen molar-refractivity contribution < 1.29 is 187 Å². The van der Waals surface area contributed by atoms with E-state index in [0.717, 1.165) is 30.3 Å². The van der Waals surface area contributed by atoms with Crippen molar-refractivity contribution in [3.8, 4) is 6.19 Å². The normalized spacial score (nSPS) is 12.6. The largest absolute Gasteiger partial charge is 1.00 e. The van der Waals surface area contributed by atoms with Gasteiger partial charge in [0.05, 0.1) is 39.4 Å². The molecule has 0 fully saturated rings. The van der Waals surface area contributed by atoms with Crippen LogP contribution in [0, 0.1) is 17.5 Å². The van der Waals surface area contributed by atoms with Crippen LogP contribution in [-0.4, -0.2) is 118 Å². The van der Waals surface area contributed by atoms with Gasteiger partial charge in [0.25, 0.3) is 0 Å². The van der Waals surface area contributed by atoms with Gasteiger partial charge in [-0.2, -0.15) is 37.5 Å². The Morgan fingerprint density at radius 2 is 1.49 bits per heavy atom. The van der Waals surface area contributed by atoms with E-state index in [-0.39, 0.29) is 165 Å². The van der Waals surface area contributed by atoms with Crippen LogP contribution in [0.25, 0.3) is 16.8 Å². The van der Waals surface area contributed by atoms with Crippen LogP contribution in [-0.2, 0) is 55.3 Å². The van der Waals surface area contributed by atoms with Crippen LogP contribution in [0.15, 0.2) is 63.4 Å². The Hall–Kier alpha value is -2.04. The molecule has 4 aromatic rings. The molecule has 0 atom stereocenters. The zero-order valence-corrected chi connectivity index (χ0v) is 45.4. The number of aromatic nitrogens is 3. The number of sulfone groups is 1. The number of anilines is 5. The van der Waals surface area contributed by atoms with Crippen LogP contribution in [0.5, 0.6) is 0 Å². The van der Waals surface area contributed by atoms with E-state index in [1.165, 1.54) is 36.2 Å². The summed E-state index contributed by atoms with van der Waals surface area (Å²) in [6.07, 6.45) is 5.67. The van der Waals surface area contributed by atoms with Crippen LogP contribution in [0.2, 0.25) is 0 Å². The summed E-state index contributed by atoms with van der Waals surface area (Å²) in [4.78, 5) is 25.3. The SMILES string of the molecule is CN(CCS(=O)(=O)CCOS(=O)(=O)[O-])c1nc(NC#N)nc(Nc2ccc3c(c2)C=[C-]C(=NNc2ccc4c(S(=O)(=O)[O-])cccc4c2S(=O)(=O)[O-])C3=O)n1.O=S(=O)=O.[Na+].[Na+].[Na+].[Na+]. The van der Waals surface area contributed by atoms with Gasteiger partial charge < -0.3 is 28.7 Å². The molecule has 314 valence electrons. The zero-order valence-electron chi connectivity index (χ0n) is 33.3. The molecule has 0 radical (unpaired) electrons. The van der Waals surface area contributed by atoms with Gasteiger partial charge in [0.1, 0.15) is 20.2 Å². The fourth-order valence-electron chi connectivity index (χ4n) is 4.95. The number of fused-ring (bicyclic) bond motifs is 2. The first kappa shape index (κ1) is 61.0. The number of nitrogens with zero attached hydrogens (tertiary/aromatic N) is 6. The number of hydrazone groups is 1. The molecule has 1 heterocycles. The van der Waals surface area contributed by atoms with Gasteiger partial charge in [-0.25, -0.2) is 33.7 Å². The Labute approximate surface area is 449 Å². The maximum atomic E-state index is 13.3. The Bertz CT molecular complexity index is 3030. The van der Waals surface area contributed by atoms with Crippen molar-refractivity contribution in [1.29, 1.82) is 5.26 Å². The number of hydrogen-bond donors (Lipinski definition) is 3. The third-order valence-electron chi connectivity index (χ3n) is 7.40. The third-order valence-corrected chi connectivity index (χ3v) is 11.3. The molecule has 0 saturated heterocycles. The molecule has 0 amide bonds. The minimum absolute atomic E-state index is 0. The molecule has 0 unspecified atom stereocenters. The first-order chi connectivity index (χ1) is 27.4. The standard InChI is InChI=1S/C29H26N9O13S4.4Na.O3S/c1-38(11-13-52(40,41)14-12-51-55(48,49)50)29-34-27(31-16-30)33-28(35-29)32-18-6-7-19-17(15-18)5-9-22(25(19)39)36-37-23-10-8-20-21(26(23)54(45,46)47)3-2-4-24(20)53(42,43)44;;;;;1-4(2)3/h2-8,10,15,37H,11-14H2,1H3,(H,42,43,44)(H,45,46,47)(H,48,49,50)(H2,31,32,33,34,35);;;;;/q-1;4*+1;/p-3. The monoisotopic (exact) mass is 1000 g/mol. The van der Waals surface area contributed by atoms with Gasteiger partial charge in [-0.15, -0.1) is 18.2 Å². The maximum absolute atomic E-state index is 13.3. The van der Waals surface area contributed by atoms with Crippen molar-refractivity contribution in [1.82, 2.24) is 15.0 Å². The molecule has 5 rings (SSSR count). The van der Waals surface area contributed by atoms with Crippen molar-refractivity contribution in [2.45, 2.75) is 9.79 Å². The number of benzene rings is 3. The number of hydrogen-bond acceptors (Lipinski definition) is 25. The van der Waals surface area contributed by atoms with Crippen LogP contribution < -0.4 is 139 Å². The summed E-state index contributed by atoms with van der Waals surface area (Å²) >= 11 is 0. The Balaban J connectivity index is 0.00000460. The molecule has 1 aliphatic rings. The van der Waals surface area contributed by atoms with E-state index in [9.17, 15) is 52.1 Å². The topological polar surface area (TPSA) is 397 Å². The van der Waals surface area contributed by atoms with E-state index < -0.39 is 90.5 Å². The Morgan fingerprint density at radius 1 is 0.857 bits per heavy atom. The van der Waals surface area contributed by atoms with Gasteiger partial charge in [-0.1, -0.05) is 35.9 Å². The number of ketones is 1. The van der Waals surface area contributed by atoms with E-state index >= 15 is 0 Å². The molecule has 0 saturated carbocycles. The van der Waals surface area contributed by atoms with Crippen molar-refractivity contribution in [2.24, 2.45) is 5.10 Å². The molecule has 0 aliphatic heterocycles. The molecule has 3 N–H and O–H groups in total. The van der Waals surface area contributed by atoms with Gasteiger partial charge in [0, 0.05) is 35.8 Å². The first-order valence-corrected chi connectivity index (χ1v) is 22.4. The van der Waals surface area contributed by atoms with Crippen molar-refractivity contribution >= 4 is 109 Å². The Kier molecular flexibility index (Phi) is 24.9. The van der Waals surface area contributed by atoms with Crippen molar-refractivity contribution in [2.75, 3.05) is 52.7 Å². The first-order valence-electron chi connectivity index (χ1n) is 15.4. The minimum atomic E-state index is -5.29. The van der Waals surface area contributed by atoms with E-state index in [4.69, 9.17) is 17.9 Å². The van der Waals surface area contributed by atoms with Crippen molar-refractivity contribution in [3.05, 3.63) is 65.7 Å². The third kappa shape index (κ3) is 18.3.